The van der Waals surface area contributed by atoms with E-state index in [4.69, 9.17) is 11.6 Å². The standard InChI is InChI=1S/C24H19ClN3O3/c25-20-7-3-1-6-19(20)24(29)27-14-13-18-17-5-2-4-8-21(17)26-22(18)23(27)15-9-11-16(12-10-15)28(30)31/h1-12,23,26,30H,13-14H2/q-1/t23-/m0/s1. The fourth-order valence-electron chi connectivity index (χ4n) is 4.38. The lowest BCUT2D eigenvalue weighted by Crippen LogP contribution is -2.40. The fraction of sp³-hybridized carbons (Fsp3) is 0.125. The topological polar surface area (TPSA) is 82.6 Å². The van der Waals surface area contributed by atoms with Crippen LogP contribution < -0.4 is 5.23 Å². The van der Waals surface area contributed by atoms with E-state index >= 15 is 0 Å². The normalized spacial score (nSPS) is 15.7. The molecule has 0 unspecified atom stereocenters. The summed E-state index contributed by atoms with van der Waals surface area (Å²) in [6.45, 7) is 0.527. The summed E-state index contributed by atoms with van der Waals surface area (Å²) in [4.78, 5) is 18.8. The van der Waals surface area contributed by atoms with Crippen LogP contribution in [0.2, 0.25) is 5.02 Å². The molecule has 0 saturated heterocycles. The minimum atomic E-state index is -0.382. The number of aromatic amines is 1. The average molecular weight is 433 g/mol. The highest BCUT2D eigenvalue weighted by Gasteiger charge is 2.35. The molecule has 6 nitrogen and oxygen atoms in total. The number of carbonyl (C=O) groups is 1. The first-order valence-electron chi connectivity index (χ1n) is 9.95. The van der Waals surface area contributed by atoms with Gasteiger partial charge in [-0.05, 0) is 47.9 Å². The predicted molar refractivity (Wildman–Crippen MR) is 120 cm³/mol. The number of aromatic nitrogens is 1. The number of carbonyl (C=O) groups excluding carboxylic acids is 1. The first-order valence-corrected chi connectivity index (χ1v) is 10.3. The van der Waals surface area contributed by atoms with Crippen molar-refractivity contribution in [3.63, 3.8) is 0 Å². The highest BCUT2D eigenvalue weighted by atomic mass is 35.5. The highest BCUT2D eigenvalue weighted by Crippen LogP contribution is 2.39. The van der Waals surface area contributed by atoms with Gasteiger partial charge in [-0.25, -0.2) is 0 Å². The van der Waals surface area contributed by atoms with Gasteiger partial charge >= 0.3 is 0 Å². The molecule has 2 N–H and O–H groups in total. The van der Waals surface area contributed by atoms with Crippen molar-refractivity contribution in [3.8, 4) is 0 Å². The maximum atomic E-state index is 13.5. The van der Waals surface area contributed by atoms with Crippen molar-refractivity contribution in [2.24, 2.45) is 0 Å². The molecule has 1 aliphatic heterocycles. The molecule has 1 aliphatic rings. The second-order valence-corrected chi connectivity index (χ2v) is 7.97. The smallest absolute Gasteiger partial charge is 0.256 e. The Morgan fingerprint density at radius 3 is 2.52 bits per heavy atom. The number of hydrogen-bond donors (Lipinski definition) is 2. The number of nitrogens with one attached hydrogen (secondary N) is 1. The molecule has 1 atom stereocenters. The van der Waals surface area contributed by atoms with Gasteiger partial charge in [-0.3, -0.25) is 10.0 Å². The van der Waals surface area contributed by atoms with Crippen molar-refractivity contribution in [3.05, 3.63) is 105 Å². The molecule has 3 aromatic carbocycles. The van der Waals surface area contributed by atoms with Crippen LogP contribution in [-0.4, -0.2) is 27.5 Å². The minimum Gasteiger partial charge on any atom is -0.733 e. The van der Waals surface area contributed by atoms with E-state index in [1.807, 2.05) is 23.1 Å². The number of amides is 1. The van der Waals surface area contributed by atoms with Crippen LogP contribution in [0.3, 0.4) is 0 Å². The number of anilines is 1. The third-order valence-electron chi connectivity index (χ3n) is 5.83. The van der Waals surface area contributed by atoms with Crippen LogP contribution >= 0.6 is 11.6 Å². The number of rotatable bonds is 3. The summed E-state index contributed by atoms with van der Waals surface area (Å²) in [5, 5.41) is 21.8. The lowest BCUT2D eigenvalue weighted by Gasteiger charge is -2.36. The van der Waals surface area contributed by atoms with Crippen molar-refractivity contribution in [2.45, 2.75) is 12.5 Å². The summed E-state index contributed by atoms with van der Waals surface area (Å²) in [6, 6.07) is 21.3. The third kappa shape index (κ3) is 3.35. The van der Waals surface area contributed by atoms with Gasteiger partial charge in [0.25, 0.3) is 5.91 Å². The van der Waals surface area contributed by atoms with Crippen LogP contribution in [0, 0.1) is 5.21 Å². The largest absolute Gasteiger partial charge is 0.733 e. The molecule has 5 rings (SSSR count). The number of para-hydroxylation sites is 1. The summed E-state index contributed by atoms with van der Waals surface area (Å²) >= 11 is 6.33. The van der Waals surface area contributed by atoms with Crippen LogP contribution in [-0.2, 0) is 6.42 Å². The van der Waals surface area contributed by atoms with Crippen LogP contribution in [0.1, 0.15) is 33.2 Å². The second kappa shape index (κ2) is 7.74. The Balaban J connectivity index is 1.65. The number of halogens is 1. The molecular weight excluding hydrogens is 414 g/mol. The Morgan fingerprint density at radius 2 is 1.77 bits per heavy atom. The minimum absolute atomic E-state index is 0.125. The van der Waals surface area contributed by atoms with Crippen molar-refractivity contribution in [1.82, 2.24) is 9.88 Å². The zero-order valence-corrected chi connectivity index (χ0v) is 17.2. The van der Waals surface area contributed by atoms with E-state index in [0.29, 0.717) is 17.1 Å². The Kier molecular flexibility index (Phi) is 4.90. The fourth-order valence-corrected chi connectivity index (χ4v) is 4.60. The zero-order valence-electron chi connectivity index (χ0n) is 16.5. The molecule has 0 fully saturated rings. The maximum Gasteiger partial charge on any atom is 0.256 e. The lowest BCUT2D eigenvalue weighted by molar-refractivity contribution is 0.0692. The Labute approximate surface area is 183 Å². The van der Waals surface area contributed by atoms with Gasteiger partial charge in [0.2, 0.25) is 0 Å². The molecule has 0 saturated carbocycles. The van der Waals surface area contributed by atoms with Gasteiger partial charge in [-0.15, -0.1) is 0 Å². The van der Waals surface area contributed by atoms with Crippen LogP contribution in [0.15, 0.2) is 72.8 Å². The third-order valence-corrected chi connectivity index (χ3v) is 6.16. The van der Waals surface area contributed by atoms with Crippen LogP contribution in [0.4, 0.5) is 5.69 Å². The molecule has 1 aromatic heterocycles. The molecule has 0 spiro atoms. The molecular formula is C24H19ClN3O3-. The number of H-pyrrole nitrogens is 1. The van der Waals surface area contributed by atoms with Gasteiger partial charge in [-0.1, -0.05) is 54.1 Å². The summed E-state index contributed by atoms with van der Waals surface area (Å²) in [6.07, 6.45) is 0.717. The number of nitrogens with zero attached hydrogens (tertiary/aromatic N) is 2. The maximum absolute atomic E-state index is 13.5. The quantitative estimate of drug-likeness (QED) is 0.430. The van der Waals surface area contributed by atoms with Gasteiger partial charge in [0.05, 0.1) is 22.3 Å². The number of benzene rings is 3. The van der Waals surface area contributed by atoms with Crippen LogP contribution in [0.5, 0.6) is 0 Å². The Bertz CT molecular complexity index is 1270. The van der Waals surface area contributed by atoms with E-state index in [9.17, 15) is 15.2 Å². The predicted octanol–water partition coefficient (Wildman–Crippen LogP) is 5.30. The van der Waals surface area contributed by atoms with E-state index in [0.717, 1.165) is 28.6 Å². The van der Waals surface area contributed by atoms with Crippen LogP contribution in [0.25, 0.3) is 10.9 Å². The van der Waals surface area contributed by atoms with Crippen molar-refractivity contribution in [1.29, 1.82) is 0 Å². The highest BCUT2D eigenvalue weighted by molar-refractivity contribution is 6.33. The average Bonchev–Trinajstić information content (AvgIpc) is 3.17. The van der Waals surface area contributed by atoms with Gasteiger partial charge < -0.3 is 20.3 Å². The van der Waals surface area contributed by atoms with Crippen molar-refractivity contribution >= 4 is 34.1 Å². The molecule has 31 heavy (non-hydrogen) atoms. The second-order valence-electron chi connectivity index (χ2n) is 7.56. The van der Waals surface area contributed by atoms with E-state index < -0.39 is 0 Å². The molecule has 7 heteroatoms. The first kappa shape index (κ1) is 19.6. The van der Waals surface area contributed by atoms with E-state index in [1.54, 1.807) is 36.4 Å². The first-order chi connectivity index (χ1) is 15.0. The summed E-state index contributed by atoms with van der Waals surface area (Å²) in [5.41, 5.74) is 4.55. The van der Waals surface area contributed by atoms with Gasteiger partial charge in [-0.2, -0.15) is 0 Å². The SMILES string of the molecule is O=C(c1ccccc1Cl)N1CCc2c([nH]c3ccccc23)[C@@H]1c1ccc(N([O-])O)cc1. The zero-order chi connectivity index (χ0) is 21.5. The Morgan fingerprint density at radius 1 is 1.06 bits per heavy atom. The molecule has 4 aromatic rings. The van der Waals surface area contributed by atoms with E-state index in [-0.39, 0.29) is 22.9 Å². The summed E-state index contributed by atoms with van der Waals surface area (Å²) in [7, 11) is 0. The molecule has 0 radical (unpaired) electrons. The van der Waals surface area contributed by atoms with Gasteiger partial charge in [0.1, 0.15) is 0 Å². The monoisotopic (exact) mass is 432 g/mol. The van der Waals surface area contributed by atoms with Crippen molar-refractivity contribution in [2.75, 3.05) is 11.8 Å². The van der Waals surface area contributed by atoms with Gasteiger partial charge in [0, 0.05) is 23.1 Å². The van der Waals surface area contributed by atoms with Gasteiger partial charge in [0.15, 0.2) is 0 Å². The Hall–Kier alpha value is -3.32. The number of fused-ring (bicyclic) bond motifs is 3. The van der Waals surface area contributed by atoms with Crippen molar-refractivity contribution < 1.29 is 10.0 Å². The summed E-state index contributed by atoms with van der Waals surface area (Å²) in [5.74, 6) is -0.156. The van der Waals surface area contributed by atoms with E-state index in [2.05, 4.69) is 11.1 Å². The molecule has 1 amide bonds. The van der Waals surface area contributed by atoms with E-state index in [1.165, 1.54) is 17.7 Å². The molecule has 0 aliphatic carbocycles. The number of hydrogen-bond acceptors (Lipinski definition) is 4. The lowest BCUT2D eigenvalue weighted by atomic mass is 9.91. The molecule has 2 heterocycles. The summed E-state index contributed by atoms with van der Waals surface area (Å²) < 4.78 is 0. The molecule has 0 bridgehead atoms. The molecule has 156 valence electrons.